The molecule has 2 rings (SSSR count). The Bertz CT molecular complexity index is 759. The first-order chi connectivity index (χ1) is 9.43. The van der Waals surface area contributed by atoms with E-state index in [-0.39, 0.29) is 5.56 Å². The van der Waals surface area contributed by atoms with Crippen LogP contribution in [0.15, 0.2) is 22.0 Å². The number of aromatic nitrogens is 3. The molecule has 2 aromatic heterocycles. The van der Waals surface area contributed by atoms with Crippen LogP contribution in [0.4, 0.5) is 0 Å². The highest BCUT2D eigenvalue weighted by Gasteiger charge is 2.11. The molecule has 0 atom stereocenters. The first-order valence-corrected chi connectivity index (χ1v) is 6.23. The highest BCUT2D eigenvalue weighted by atomic mass is 16.5. The number of pyridine rings is 1. The Morgan fingerprint density at radius 1 is 1.25 bits per heavy atom. The number of aryl methyl sites for hydroxylation is 2. The largest absolute Gasteiger partial charge is 0.496 e. The molecule has 1 N–H and O–H groups in total. The number of hydrogen-bond acceptors (Lipinski definition) is 4. The second kappa shape index (κ2) is 5.32. The van der Waals surface area contributed by atoms with Gasteiger partial charge in [-0.25, -0.2) is 4.79 Å². The third kappa shape index (κ3) is 2.49. The predicted octanol–water partition coefficient (Wildman–Crippen LogP) is 0.914. The number of hydrogen-bond donors (Lipinski definition) is 1. The average molecular weight is 275 g/mol. The number of H-pyrrole nitrogens is 1. The second-order valence-electron chi connectivity index (χ2n) is 4.75. The van der Waals surface area contributed by atoms with E-state index in [2.05, 4.69) is 9.97 Å². The zero-order chi connectivity index (χ0) is 14.9. The lowest BCUT2D eigenvalue weighted by Crippen LogP contribution is -2.31. The normalized spacial score (nSPS) is 10.6. The molecule has 106 valence electrons. The van der Waals surface area contributed by atoms with Crippen LogP contribution in [0.5, 0.6) is 5.75 Å². The number of nitrogens with zero attached hydrogens (tertiary/aromatic N) is 2. The van der Waals surface area contributed by atoms with Gasteiger partial charge in [-0.05, 0) is 20.8 Å². The number of aromatic amines is 1. The van der Waals surface area contributed by atoms with Crippen LogP contribution in [0.3, 0.4) is 0 Å². The van der Waals surface area contributed by atoms with Gasteiger partial charge < -0.3 is 4.74 Å². The number of ether oxygens (including phenoxy) is 1. The van der Waals surface area contributed by atoms with Crippen LogP contribution in [0, 0.1) is 20.8 Å². The molecular weight excluding hydrogens is 258 g/mol. The summed E-state index contributed by atoms with van der Waals surface area (Å²) >= 11 is 0. The molecule has 0 aromatic carbocycles. The van der Waals surface area contributed by atoms with E-state index in [4.69, 9.17) is 4.74 Å². The molecule has 2 aromatic rings. The smallest absolute Gasteiger partial charge is 0.328 e. The number of rotatable bonds is 3. The van der Waals surface area contributed by atoms with Crippen molar-refractivity contribution < 1.29 is 4.74 Å². The summed E-state index contributed by atoms with van der Waals surface area (Å²) in [6.45, 7) is 5.76. The first-order valence-electron chi connectivity index (χ1n) is 6.23. The minimum Gasteiger partial charge on any atom is -0.496 e. The van der Waals surface area contributed by atoms with Gasteiger partial charge in [0.1, 0.15) is 5.75 Å². The van der Waals surface area contributed by atoms with Gasteiger partial charge in [0.2, 0.25) is 0 Å². The van der Waals surface area contributed by atoms with E-state index in [1.54, 1.807) is 20.2 Å². The van der Waals surface area contributed by atoms with Gasteiger partial charge in [-0.15, -0.1) is 0 Å². The van der Waals surface area contributed by atoms with Crippen molar-refractivity contribution in [3.63, 3.8) is 0 Å². The molecule has 0 aliphatic carbocycles. The van der Waals surface area contributed by atoms with Crippen LogP contribution in [-0.4, -0.2) is 21.6 Å². The summed E-state index contributed by atoms with van der Waals surface area (Å²) in [7, 11) is 1.61. The van der Waals surface area contributed by atoms with E-state index in [0.29, 0.717) is 12.1 Å². The fraction of sp³-hybridized carbons (Fsp3) is 0.357. The number of nitrogens with one attached hydrogen (secondary N) is 1. The molecule has 0 aliphatic rings. The van der Waals surface area contributed by atoms with Crippen molar-refractivity contribution >= 4 is 0 Å². The Kier molecular flexibility index (Phi) is 3.74. The monoisotopic (exact) mass is 275 g/mol. The van der Waals surface area contributed by atoms with E-state index in [1.807, 2.05) is 13.8 Å². The summed E-state index contributed by atoms with van der Waals surface area (Å²) in [4.78, 5) is 29.8. The Hall–Kier alpha value is -2.37. The maximum absolute atomic E-state index is 11.8. The molecule has 6 nitrogen and oxygen atoms in total. The highest BCUT2D eigenvalue weighted by molar-refractivity contribution is 5.41. The van der Waals surface area contributed by atoms with Crippen LogP contribution < -0.4 is 16.0 Å². The molecule has 0 radical (unpaired) electrons. The van der Waals surface area contributed by atoms with Gasteiger partial charge in [0, 0.05) is 29.1 Å². The zero-order valence-corrected chi connectivity index (χ0v) is 12.0. The Balaban J connectivity index is 2.48. The van der Waals surface area contributed by atoms with Crippen molar-refractivity contribution in [1.82, 2.24) is 14.5 Å². The topological polar surface area (TPSA) is 77.0 Å². The lowest BCUT2D eigenvalue weighted by Gasteiger charge is -2.13. The molecule has 0 saturated heterocycles. The molecule has 20 heavy (non-hydrogen) atoms. The van der Waals surface area contributed by atoms with E-state index in [0.717, 1.165) is 22.6 Å². The Labute approximate surface area is 116 Å². The lowest BCUT2D eigenvalue weighted by atomic mass is 10.1. The van der Waals surface area contributed by atoms with Gasteiger partial charge in [0.15, 0.2) is 0 Å². The van der Waals surface area contributed by atoms with Crippen LogP contribution in [0.1, 0.15) is 22.4 Å². The minimum atomic E-state index is -0.443. The van der Waals surface area contributed by atoms with Crippen molar-refractivity contribution in [2.45, 2.75) is 27.3 Å². The first kappa shape index (κ1) is 14.0. The summed E-state index contributed by atoms with van der Waals surface area (Å²) < 4.78 is 6.77. The summed E-state index contributed by atoms with van der Waals surface area (Å²) in [5.41, 5.74) is 2.25. The SMILES string of the molecule is COc1c(C)cnc(Cn2cc(C)c(=O)[nH]c2=O)c1C. The van der Waals surface area contributed by atoms with Crippen LogP contribution in [0.2, 0.25) is 0 Å². The zero-order valence-electron chi connectivity index (χ0n) is 12.0. The molecular formula is C14H17N3O3. The minimum absolute atomic E-state index is 0.291. The molecule has 6 heteroatoms. The summed E-state index contributed by atoms with van der Waals surface area (Å²) in [5.74, 6) is 0.768. The van der Waals surface area contributed by atoms with Gasteiger partial charge in [-0.1, -0.05) is 0 Å². The van der Waals surface area contributed by atoms with E-state index in [9.17, 15) is 9.59 Å². The van der Waals surface area contributed by atoms with Gasteiger partial charge >= 0.3 is 5.69 Å². The van der Waals surface area contributed by atoms with Gasteiger partial charge in [0.05, 0.1) is 19.3 Å². The number of methoxy groups -OCH3 is 1. The summed E-state index contributed by atoms with van der Waals surface area (Å²) in [6.07, 6.45) is 3.25. The molecule has 0 unspecified atom stereocenters. The van der Waals surface area contributed by atoms with Crippen molar-refractivity contribution in [3.8, 4) is 5.75 Å². The van der Waals surface area contributed by atoms with E-state index >= 15 is 0 Å². The van der Waals surface area contributed by atoms with Crippen molar-refractivity contribution in [3.05, 3.63) is 55.6 Å². The fourth-order valence-corrected chi connectivity index (χ4v) is 2.13. The molecule has 0 spiro atoms. The molecule has 0 bridgehead atoms. The lowest BCUT2D eigenvalue weighted by molar-refractivity contribution is 0.406. The molecule has 2 heterocycles. The van der Waals surface area contributed by atoms with E-state index in [1.165, 1.54) is 10.8 Å². The van der Waals surface area contributed by atoms with Crippen LogP contribution in [0.25, 0.3) is 0 Å². The van der Waals surface area contributed by atoms with Gasteiger partial charge in [-0.2, -0.15) is 0 Å². The van der Waals surface area contributed by atoms with Crippen molar-refractivity contribution in [1.29, 1.82) is 0 Å². The van der Waals surface area contributed by atoms with Crippen molar-refractivity contribution in [2.75, 3.05) is 7.11 Å². The Morgan fingerprint density at radius 2 is 1.95 bits per heavy atom. The summed E-state index contributed by atoms with van der Waals surface area (Å²) in [5, 5.41) is 0. The predicted molar refractivity (Wildman–Crippen MR) is 75.4 cm³/mol. The molecule has 0 amide bonds. The summed E-state index contributed by atoms with van der Waals surface area (Å²) in [6, 6.07) is 0. The quantitative estimate of drug-likeness (QED) is 0.903. The average Bonchev–Trinajstić information content (AvgIpc) is 2.39. The molecule has 0 fully saturated rings. The molecule has 0 aliphatic heterocycles. The fourth-order valence-electron chi connectivity index (χ4n) is 2.13. The van der Waals surface area contributed by atoms with E-state index < -0.39 is 5.69 Å². The maximum Gasteiger partial charge on any atom is 0.328 e. The second-order valence-corrected chi connectivity index (χ2v) is 4.75. The maximum atomic E-state index is 11.8. The van der Waals surface area contributed by atoms with Crippen molar-refractivity contribution in [2.24, 2.45) is 0 Å². The van der Waals surface area contributed by atoms with Gasteiger partial charge in [0.25, 0.3) is 5.56 Å². The Morgan fingerprint density at radius 3 is 2.60 bits per heavy atom. The third-order valence-corrected chi connectivity index (χ3v) is 3.26. The highest BCUT2D eigenvalue weighted by Crippen LogP contribution is 2.24. The standard InChI is InChI=1S/C14H17N3O3/c1-8-5-15-11(10(3)12(8)20-4)7-17-6-9(2)13(18)16-14(17)19/h5-6H,7H2,1-4H3,(H,16,18,19). The van der Waals surface area contributed by atoms with Crippen LogP contribution in [-0.2, 0) is 6.54 Å². The van der Waals surface area contributed by atoms with Gasteiger partial charge in [-0.3, -0.25) is 19.3 Å². The third-order valence-electron chi connectivity index (χ3n) is 3.26. The molecule has 0 saturated carbocycles. The van der Waals surface area contributed by atoms with Crippen LogP contribution >= 0.6 is 0 Å².